The summed E-state index contributed by atoms with van der Waals surface area (Å²) in [6, 6.07) is 1.20. The van der Waals surface area contributed by atoms with Gasteiger partial charge in [-0.3, -0.25) is 4.79 Å². The first-order valence-electron chi connectivity index (χ1n) is 2.56. The van der Waals surface area contributed by atoms with Crippen molar-refractivity contribution in [1.82, 2.24) is 0 Å². The van der Waals surface area contributed by atoms with Gasteiger partial charge in [-0.15, -0.1) is 0 Å². The Morgan fingerprint density at radius 2 is 2.30 bits per heavy atom. The van der Waals surface area contributed by atoms with Gasteiger partial charge in [0.1, 0.15) is 0 Å². The topological polar surface area (TPSA) is 30.2 Å². The average molecular weight is 146 g/mol. The molecule has 10 heavy (non-hydrogen) atoms. The molecule has 0 aliphatic carbocycles. The van der Waals surface area contributed by atoms with E-state index in [0.717, 1.165) is 6.26 Å². The van der Waals surface area contributed by atoms with Crippen LogP contribution in [0.3, 0.4) is 0 Å². The molecule has 0 spiro atoms. The zero-order valence-electron chi connectivity index (χ0n) is 4.88. The van der Waals surface area contributed by atoms with Crippen LogP contribution in [0.4, 0.5) is 8.78 Å². The monoisotopic (exact) mass is 146 g/mol. The van der Waals surface area contributed by atoms with Crippen LogP contribution < -0.4 is 0 Å². The van der Waals surface area contributed by atoms with Crippen molar-refractivity contribution in [3.63, 3.8) is 0 Å². The van der Waals surface area contributed by atoms with Crippen molar-refractivity contribution in [1.29, 1.82) is 0 Å². The molecule has 0 N–H and O–H groups in total. The van der Waals surface area contributed by atoms with Crippen LogP contribution in [0, 0.1) is 0 Å². The number of hydrogen-bond donors (Lipinski definition) is 0. The van der Waals surface area contributed by atoms with E-state index in [1.54, 1.807) is 0 Å². The minimum atomic E-state index is -2.71. The Morgan fingerprint density at radius 3 is 2.70 bits per heavy atom. The van der Waals surface area contributed by atoms with Crippen molar-refractivity contribution in [2.75, 3.05) is 0 Å². The van der Waals surface area contributed by atoms with E-state index >= 15 is 0 Å². The van der Waals surface area contributed by atoms with Crippen molar-refractivity contribution in [2.24, 2.45) is 0 Å². The second kappa shape index (κ2) is 2.60. The largest absolute Gasteiger partial charge is 0.463 e. The van der Waals surface area contributed by atoms with Gasteiger partial charge >= 0.3 is 0 Å². The van der Waals surface area contributed by atoms with Crippen molar-refractivity contribution in [2.45, 2.75) is 6.43 Å². The maximum absolute atomic E-state index is 11.8. The van der Waals surface area contributed by atoms with Gasteiger partial charge in [0.15, 0.2) is 12.0 Å². The Morgan fingerprint density at radius 1 is 1.60 bits per heavy atom. The molecule has 0 bridgehead atoms. The quantitative estimate of drug-likeness (QED) is 0.597. The zero-order valence-corrected chi connectivity index (χ0v) is 4.88. The lowest BCUT2D eigenvalue weighted by Gasteiger charge is -1.91. The molecule has 0 amide bonds. The fourth-order valence-electron chi connectivity index (χ4n) is 0.606. The number of rotatable bonds is 2. The standard InChI is InChI=1S/C6H4F2O2/c7-6(8)5-4(3-9)1-2-10-5/h1-3,6H. The van der Waals surface area contributed by atoms with Gasteiger partial charge in [0, 0.05) is 0 Å². The van der Waals surface area contributed by atoms with E-state index in [4.69, 9.17) is 0 Å². The highest BCUT2D eigenvalue weighted by Crippen LogP contribution is 2.21. The fourth-order valence-corrected chi connectivity index (χ4v) is 0.606. The Kier molecular flexibility index (Phi) is 1.80. The van der Waals surface area contributed by atoms with Gasteiger partial charge in [-0.1, -0.05) is 0 Å². The number of alkyl halides is 2. The lowest BCUT2D eigenvalue weighted by atomic mass is 10.3. The molecule has 0 aliphatic rings. The molecule has 0 fully saturated rings. The molecule has 0 atom stereocenters. The summed E-state index contributed by atoms with van der Waals surface area (Å²) in [5, 5.41) is 0. The van der Waals surface area contributed by atoms with Gasteiger partial charge in [-0.25, -0.2) is 8.78 Å². The Bertz CT molecular complexity index is 229. The van der Waals surface area contributed by atoms with E-state index in [2.05, 4.69) is 4.42 Å². The van der Waals surface area contributed by atoms with Crippen LogP contribution in [0.5, 0.6) is 0 Å². The van der Waals surface area contributed by atoms with Crippen molar-refractivity contribution in [3.8, 4) is 0 Å². The van der Waals surface area contributed by atoms with Crippen molar-refractivity contribution >= 4 is 6.29 Å². The van der Waals surface area contributed by atoms with E-state index in [-0.39, 0.29) is 5.56 Å². The van der Waals surface area contributed by atoms with Gasteiger partial charge in [-0.05, 0) is 6.07 Å². The molecule has 54 valence electrons. The Labute approximate surface area is 55.4 Å². The number of aldehydes is 1. The van der Waals surface area contributed by atoms with Crippen LogP contribution in [0.15, 0.2) is 16.7 Å². The van der Waals surface area contributed by atoms with Gasteiger partial charge in [0.2, 0.25) is 0 Å². The summed E-state index contributed by atoms with van der Waals surface area (Å²) >= 11 is 0. The van der Waals surface area contributed by atoms with E-state index in [1.165, 1.54) is 6.07 Å². The number of hydrogen-bond acceptors (Lipinski definition) is 2. The maximum atomic E-state index is 11.8. The number of carbonyl (C=O) groups excluding carboxylic acids is 1. The van der Waals surface area contributed by atoms with Crippen molar-refractivity contribution in [3.05, 3.63) is 23.7 Å². The van der Waals surface area contributed by atoms with Crippen LogP contribution in [0.25, 0.3) is 0 Å². The second-order valence-corrected chi connectivity index (χ2v) is 1.66. The molecule has 0 aliphatic heterocycles. The van der Waals surface area contributed by atoms with Crippen LogP contribution in [-0.2, 0) is 0 Å². The predicted molar refractivity (Wildman–Crippen MR) is 29.1 cm³/mol. The smallest absolute Gasteiger partial charge is 0.296 e. The second-order valence-electron chi connectivity index (χ2n) is 1.66. The maximum Gasteiger partial charge on any atom is 0.296 e. The van der Waals surface area contributed by atoms with Gasteiger partial charge < -0.3 is 4.42 Å². The molecular formula is C6H4F2O2. The Hall–Kier alpha value is -1.19. The summed E-state index contributed by atoms with van der Waals surface area (Å²) in [6.45, 7) is 0. The van der Waals surface area contributed by atoms with Gasteiger partial charge in [-0.2, -0.15) is 0 Å². The van der Waals surface area contributed by atoms with E-state index in [9.17, 15) is 13.6 Å². The van der Waals surface area contributed by atoms with Crippen LogP contribution in [0.2, 0.25) is 0 Å². The molecule has 1 heterocycles. The number of furan rings is 1. The number of carbonyl (C=O) groups is 1. The van der Waals surface area contributed by atoms with E-state index in [0.29, 0.717) is 6.29 Å². The predicted octanol–water partition coefficient (Wildman–Crippen LogP) is 2.03. The minimum absolute atomic E-state index is 0.0880. The molecule has 2 nitrogen and oxygen atoms in total. The summed E-state index contributed by atoms with van der Waals surface area (Å²) < 4.78 is 27.9. The first-order valence-corrected chi connectivity index (χ1v) is 2.56. The summed E-state index contributed by atoms with van der Waals surface area (Å²) in [6.07, 6.45) is -1.31. The lowest BCUT2D eigenvalue weighted by Crippen LogP contribution is -1.85. The summed E-state index contributed by atoms with van der Waals surface area (Å²) in [7, 11) is 0. The molecule has 1 aromatic heterocycles. The van der Waals surface area contributed by atoms with Crippen LogP contribution >= 0.6 is 0 Å². The molecule has 4 heteroatoms. The third kappa shape index (κ3) is 1.05. The molecule has 0 radical (unpaired) electrons. The molecule has 0 aromatic carbocycles. The highest BCUT2D eigenvalue weighted by molar-refractivity contribution is 5.76. The first-order chi connectivity index (χ1) is 4.75. The molecule has 0 saturated carbocycles. The SMILES string of the molecule is O=Cc1ccoc1C(F)F. The summed E-state index contributed by atoms with van der Waals surface area (Å²) in [5.41, 5.74) is -0.0880. The van der Waals surface area contributed by atoms with Gasteiger partial charge in [0.05, 0.1) is 11.8 Å². The first kappa shape index (κ1) is 6.92. The lowest BCUT2D eigenvalue weighted by molar-refractivity contribution is 0.107. The fraction of sp³-hybridized carbons (Fsp3) is 0.167. The third-order valence-corrected chi connectivity index (χ3v) is 1.05. The summed E-state index contributed by atoms with van der Waals surface area (Å²) in [4.78, 5) is 10.00. The minimum Gasteiger partial charge on any atom is -0.463 e. The van der Waals surface area contributed by atoms with Crippen molar-refractivity contribution < 1.29 is 18.0 Å². The molecule has 0 saturated heterocycles. The molecule has 1 rings (SSSR count). The van der Waals surface area contributed by atoms with E-state index < -0.39 is 12.2 Å². The highest BCUT2D eigenvalue weighted by Gasteiger charge is 2.15. The highest BCUT2D eigenvalue weighted by atomic mass is 19.3. The molecule has 1 aromatic rings. The van der Waals surface area contributed by atoms with Crippen LogP contribution in [-0.4, -0.2) is 6.29 Å². The third-order valence-electron chi connectivity index (χ3n) is 1.05. The number of halogens is 2. The molecule has 0 unspecified atom stereocenters. The average Bonchev–Trinajstić information content (AvgIpc) is 2.33. The van der Waals surface area contributed by atoms with Crippen LogP contribution in [0.1, 0.15) is 22.5 Å². The normalized spacial score (nSPS) is 10.3. The zero-order chi connectivity index (χ0) is 7.56. The van der Waals surface area contributed by atoms with E-state index in [1.807, 2.05) is 0 Å². The van der Waals surface area contributed by atoms with Gasteiger partial charge in [0.25, 0.3) is 6.43 Å². The summed E-state index contributed by atoms with van der Waals surface area (Å²) in [5.74, 6) is -0.560. The Balaban J connectivity index is 3.01. The molecular weight excluding hydrogens is 142 g/mol.